The molecule has 0 radical (unpaired) electrons. The van der Waals surface area contributed by atoms with Crippen LogP contribution in [0.2, 0.25) is 0 Å². The van der Waals surface area contributed by atoms with Gasteiger partial charge in [0.1, 0.15) is 0 Å². The fourth-order valence-corrected chi connectivity index (χ4v) is 3.33. The zero-order valence-corrected chi connectivity index (χ0v) is 11.1. The highest BCUT2D eigenvalue weighted by molar-refractivity contribution is 7.89. The van der Waals surface area contributed by atoms with Gasteiger partial charge in [-0.3, -0.25) is 4.79 Å². The van der Waals surface area contributed by atoms with Crippen LogP contribution in [0, 0.1) is 5.92 Å². The fraction of sp³-hybridized carbons (Fsp3) is 0.417. The molecule has 2 rings (SSSR count). The third kappa shape index (κ3) is 2.13. The Balaban J connectivity index is 2.42. The molecule has 1 atom stereocenters. The Morgan fingerprint density at radius 2 is 2.11 bits per heavy atom. The van der Waals surface area contributed by atoms with Gasteiger partial charge in [-0.15, -0.1) is 0 Å². The van der Waals surface area contributed by atoms with Crippen molar-refractivity contribution in [2.75, 3.05) is 14.2 Å². The van der Waals surface area contributed by atoms with Crippen LogP contribution in [0.15, 0.2) is 23.1 Å². The molecule has 1 aliphatic rings. The number of rotatable bonds is 3. The summed E-state index contributed by atoms with van der Waals surface area (Å²) < 4.78 is 30.8. The van der Waals surface area contributed by atoms with Crippen LogP contribution in [-0.2, 0) is 32.4 Å². The number of nitrogens with one attached hydrogen (secondary N) is 1. The van der Waals surface area contributed by atoms with Crippen molar-refractivity contribution in [3.63, 3.8) is 0 Å². The van der Waals surface area contributed by atoms with Gasteiger partial charge in [0.2, 0.25) is 10.0 Å². The van der Waals surface area contributed by atoms with E-state index in [4.69, 9.17) is 4.74 Å². The highest BCUT2D eigenvalue weighted by Crippen LogP contribution is 2.32. The molecule has 0 bridgehead atoms. The molecule has 18 heavy (non-hydrogen) atoms. The average molecular weight is 269 g/mol. The van der Waals surface area contributed by atoms with Gasteiger partial charge >= 0.3 is 5.97 Å². The second kappa shape index (κ2) is 4.70. The molecule has 1 aromatic carbocycles. The largest absolute Gasteiger partial charge is 0.469 e. The van der Waals surface area contributed by atoms with E-state index in [2.05, 4.69) is 4.72 Å². The van der Waals surface area contributed by atoms with Gasteiger partial charge < -0.3 is 4.74 Å². The van der Waals surface area contributed by atoms with Gasteiger partial charge in [0.25, 0.3) is 0 Å². The molecule has 98 valence electrons. The van der Waals surface area contributed by atoms with Crippen LogP contribution in [0.25, 0.3) is 0 Å². The second-order valence-corrected chi connectivity index (χ2v) is 6.08. The number of hydrogen-bond donors (Lipinski definition) is 1. The predicted molar refractivity (Wildman–Crippen MR) is 65.6 cm³/mol. The number of benzene rings is 1. The molecule has 0 saturated heterocycles. The number of fused-ring (bicyclic) bond motifs is 1. The van der Waals surface area contributed by atoms with Crippen molar-refractivity contribution < 1.29 is 17.9 Å². The maximum absolute atomic E-state index is 11.9. The lowest BCUT2D eigenvalue weighted by molar-refractivity contribution is -0.145. The van der Waals surface area contributed by atoms with Crippen molar-refractivity contribution in [1.82, 2.24) is 4.72 Å². The normalized spacial score (nSPS) is 18.4. The lowest BCUT2D eigenvalue weighted by Crippen LogP contribution is -2.20. The lowest BCUT2D eigenvalue weighted by atomic mass is 10.1. The zero-order valence-electron chi connectivity index (χ0n) is 10.3. The number of hydrogen-bond acceptors (Lipinski definition) is 4. The molecule has 1 aliphatic carbocycles. The molecule has 0 aliphatic heterocycles. The van der Waals surface area contributed by atoms with Crippen LogP contribution < -0.4 is 4.72 Å². The van der Waals surface area contributed by atoms with E-state index in [0.29, 0.717) is 12.8 Å². The van der Waals surface area contributed by atoms with Crippen molar-refractivity contribution in [2.45, 2.75) is 17.7 Å². The van der Waals surface area contributed by atoms with Crippen LogP contribution in [0.5, 0.6) is 0 Å². The lowest BCUT2D eigenvalue weighted by Gasteiger charge is -2.08. The molecule has 1 N–H and O–H groups in total. The average Bonchev–Trinajstić information content (AvgIpc) is 2.81. The minimum absolute atomic E-state index is 0.258. The Kier molecular flexibility index (Phi) is 3.41. The van der Waals surface area contributed by atoms with E-state index in [-0.39, 0.29) is 16.8 Å². The van der Waals surface area contributed by atoms with Gasteiger partial charge in [0.05, 0.1) is 17.9 Å². The van der Waals surface area contributed by atoms with Gasteiger partial charge in [-0.2, -0.15) is 0 Å². The highest BCUT2D eigenvalue weighted by Gasteiger charge is 2.32. The van der Waals surface area contributed by atoms with E-state index in [1.165, 1.54) is 14.2 Å². The summed E-state index contributed by atoms with van der Waals surface area (Å²) in [6.07, 6.45) is 0.953. The van der Waals surface area contributed by atoms with Crippen LogP contribution in [0.1, 0.15) is 11.1 Å². The molecule has 0 heterocycles. The summed E-state index contributed by atoms with van der Waals surface area (Å²) in [5, 5.41) is 0. The van der Waals surface area contributed by atoms with E-state index in [1.54, 1.807) is 12.1 Å². The minimum atomic E-state index is -3.48. The molecule has 1 unspecified atom stereocenters. The van der Waals surface area contributed by atoms with Gasteiger partial charge in [0.15, 0.2) is 0 Å². The summed E-state index contributed by atoms with van der Waals surface area (Å²) in [6.45, 7) is 0. The van der Waals surface area contributed by atoms with Gasteiger partial charge in [-0.25, -0.2) is 13.1 Å². The number of carbonyl (C=O) groups excluding carboxylic acids is 1. The van der Waals surface area contributed by atoms with Crippen molar-refractivity contribution in [2.24, 2.45) is 5.92 Å². The monoisotopic (exact) mass is 269 g/mol. The van der Waals surface area contributed by atoms with E-state index in [1.807, 2.05) is 6.07 Å². The Bertz CT molecular complexity index is 580. The summed E-state index contributed by atoms with van der Waals surface area (Å²) in [4.78, 5) is 11.8. The highest BCUT2D eigenvalue weighted by atomic mass is 32.2. The quantitative estimate of drug-likeness (QED) is 0.810. The van der Waals surface area contributed by atoms with Crippen LogP contribution in [0.3, 0.4) is 0 Å². The number of carbonyl (C=O) groups is 1. The maximum atomic E-state index is 11.9. The number of ether oxygens (including phenoxy) is 1. The fourth-order valence-electron chi connectivity index (χ4n) is 2.31. The van der Waals surface area contributed by atoms with Gasteiger partial charge in [-0.1, -0.05) is 12.1 Å². The maximum Gasteiger partial charge on any atom is 0.309 e. The minimum Gasteiger partial charge on any atom is -0.469 e. The Hall–Kier alpha value is -1.40. The predicted octanol–water partition coefficient (Wildman–Crippen LogP) is 0.482. The first-order valence-electron chi connectivity index (χ1n) is 5.61. The number of sulfonamides is 1. The van der Waals surface area contributed by atoms with Crippen molar-refractivity contribution in [3.8, 4) is 0 Å². The van der Waals surface area contributed by atoms with E-state index in [0.717, 1.165) is 11.1 Å². The molecular formula is C12H15NO4S. The van der Waals surface area contributed by atoms with Gasteiger partial charge in [-0.05, 0) is 37.1 Å². The molecular weight excluding hydrogens is 254 g/mol. The summed E-state index contributed by atoms with van der Waals surface area (Å²) in [7, 11) is -0.761. The molecule has 6 heteroatoms. The SMILES string of the molecule is CNS(=O)(=O)c1cccc2c1CC(C(=O)OC)C2. The van der Waals surface area contributed by atoms with E-state index in [9.17, 15) is 13.2 Å². The Morgan fingerprint density at radius 1 is 1.39 bits per heavy atom. The molecule has 0 saturated carbocycles. The summed E-state index contributed by atoms with van der Waals surface area (Å²) in [6, 6.07) is 5.11. The first kappa shape index (κ1) is 13.0. The topological polar surface area (TPSA) is 72.5 Å². The molecule has 0 fully saturated rings. The Labute approximate surface area is 106 Å². The smallest absolute Gasteiger partial charge is 0.309 e. The van der Waals surface area contributed by atoms with Crippen molar-refractivity contribution in [1.29, 1.82) is 0 Å². The molecule has 0 amide bonds. The summed E-state index contributed by atoms with van der Waals surface area (Å²) in [5.41, 5.74) is 1.63. The van der Waals surface area contributed by atoms with Crippen molar-refractivity contribution >= 4 is 16.0 Å². The number of esters is 1. The van der Waals surface area contributed by atoms with E-state index < -0.39 is 10.0 Å². The molecule has 0 spiro atoms. The van der Waals surface area contributed by atoms with Crippen LogP contribution in [0.4, 0.5) is 0 Å². The molecule has 0 aromatic heterocycles. The zero-order chi connectivity index (χ0) is 13.3. The first-order chi connectivity index (χ1) is 8.49. The Morgan fingerprint density at radius 3 is 2.72 bits per heavy atom. The first-order valence-corrected chi connectivity index (χ1v) is 7.10. The number of methoxy groups -OCH3 is 1. The van der Waals surface area contributed by atoms with Gasteiger partial charge in [0, 0.05) is 0 Å². The summed E-state index contributed by atoms with van der Waals surface area (Å²) >= 11 is 0. The van der Waals surface area contributed by atoms with Crippen molar-refractivity contribution in [3.05, 3.63) is 29.3 Å². The molecule has 1 aromatic rings. The third-order valence-corrected chi connectivity index (χ3v) is 4.74. The van der Waals surface area contributed by atoms with E-state index >= 15 is 0 Å². The second-order valence-electron chi connectivity index (χ2n) is 4.23. The van der Waals surface area contributed by atoms with Crippen LogP contribution in [-0.4, -0.2) is 28.5 Å². The molecule has 5 nitrogen and oxygen atoms in total. The van der Waals surface area contributed by atoms with Crippen LogP contribution >= 0.6 is 0 Å². The summed E-state index contributed by atoms with van der Waals surface area (Å²) in [5.74, 6) is -0.572. The third-order valence-electron chi connectivity index (χ3n) is 3.24. The standard InChI is InChI=1S/C12H15NO4S/c1-13-18(15,16)11-5-3-4-8-6-9(7-10(8)11)12(14)17-2/h3-5,9,13H,6-7H2,1-2H3.